The SMILES string of the molecule is Cc1cc(OCC2CNC(=O)O2)cc(C(=O)OC=O)c1. The molecule has 0 bridgehead atoms. The number of hydrogen-bond acceptors (Lipinski definition) is 6. The van der Waals surface area contributed by atoms with Crippen LogP contribution in [0.4, 0.5) is 4.79 Å². The van der Waals surface area contributed by atoms with Crippen LogP contribution in [0.2, 0.25) is 0 Å². The summed E-state index contributed by atoms with van der Waals surface area (Å²) in [6.07, 6.45) is -0.841. The predicted octanol–water partition coefficient (Wildman–Crippen LogP) is 0.795. The summed E-state index contributed by atoms with van der Waals surface area (Å²) in [5.41, 5.74) is 0.996. The number of esters is 1. The topological polar surface area (TPSA) is 90.9 Å². The average Bonchev–Trinajstić information content (AvgIpc) is 2.82. The molecule has 1 amide bonds. The van der Waals surface area contributed by atoms with Crippen LogP contribution in [0.15, 0.2) is 18.2 Å². The fraction of sp³-hybridized carbons (Fsp3) is 0.308. The molecule has 1 N–H and O–H groups in total. The molecule has 7 nitrogen and oxygen atoms in total. The summed E-state index contributed by atoms with van der Waals surface area (Å²) >= 11 is 0. The van der Waals surface area contributed by atoms with E-state index in [1.54, 1.807) is 19.1 Å². The van der Waals surface area contributed by atoms with Gasteiger partial charge in [-0.1, -0.05) is 0 Å². The minimum Gasteiger partial charge on any atom is -0.490 e. The highest BCUT2D eigenvalue weighted by Crippen LogP contribution is 2.18. The molecule has 1 aromatic rings. The molecular weight excluding hydrogens is 266 g/mol. The minimum atomic E-state index is -0.748. The lowest BCUT2D eigenvalue weighted by Crippen LogP contribution is -2.22. The van der Waals surface area contributed by atoms with E-state index < -0.39 is 12.1 Å². The Morgan fingerprint density at radius 1 is 1.50 bits per heavy atom. The van der Waals surface area contributed by atoms with E-state index in [1.165, 1.54) is 6.07 Å². The van der Waals surface area contributed by atoms with Gasteiger partial charge in [0.05, 0.1) is 12.1 Å². The first kappa shape index (κ1) is 13.9. The van der Waals surface area contributed by atoms with Crippen molar-refractivity contribution >= 4 is 18.5 Å². The van der Waals surface area contributed by atoms with Crippen molar-refractivity contribution in [2.75, 3.05) is 13.2 Å². The van der Waals surface area contributed by atoms with E-state index in [0.29, 0.717) is 12.3 Å². The van der Waals surface area contributed by atoms with Gasteiger partial charge in [-0.15, -0.1) is 0 Å². The number of benzene rings is 1. The summed E-state index contributed by atoms with van der Waals surface area (Å²) in [6, 6.07) is 4.76. The normalized spacial score (nSPS) is 17.1. The van der Waals surface area contributed by atoms with Crippen molar-refractivity contribution in [1.29, 1.82) is 0 Å². The van der Waals surface area contributed by atoms with E-state index in [0.717, 1.165) is 5.56 Å². The summed E-state index contributed by atoms with van der Waals surface area (Å²) in [7, 11) is 0. The van der Waals surface area contributed by atoms with Gasteiger partial charge in [-0.05, 0) is 30.7 Å². The van der Waals surface area contributed by atoms with Gasteiger partial charge in [0.1, 0.15) is 12.4 Å². The molecule has 20 heavy (non-hydrogen) atoms. The largest absolute Gasteiger partial charge is 0.490 e. The quantitative estimate of drug-likeness (QED) is 0.487. The smallest absolute Gasteiger partial charge is 0.407 e. The Hall–Kier alpha value is -2.57. The van der Waals surface area contributed by atoms with Crippen LogP contribution in [0.3, 0.4) is 0 Å². The fourth-order valence-electron chi connectivity index (χ4n) is 1.77. The minimum absolute atomic E-state index is 0.0782. The van der Waals surface area contributed by atoms with Crippen LogP contribution in [-0.2, 0) is 14.3 Å². The molecule has 0 aromatic heterocycles. The molecule has 1 atom stereocenters. The van der Waals surface area contributed by atoms with E-state index in [1.807, 2.05) is 0 Å². The van der Waals surface area contributed by atoms with Crippen molar-refractivity contribution in [3.63, 3.8) is 0 Å². The molecule has 1 aliphatic rings. The van der Waals surface area contributed by atoms with Gasteiger partial charge >= 0.3 is 18.5 Å². The van der Waals surface area contributed by atoms with Crippen molar-refractivity contribution in [1.82, 2.24) is 5.32 Å². The first-order chi connectivity index (χ1) is 9.58. The van der Waals surface area contributed by atoms with Crippen LogP contribution in [-0.4, -0.2) is 37.8 Å². The lowest BCUT2D eigenvalue weighted by Gasteiger charge is -2.11. The molecule has 0 aliphatic carbocycles. The van der Waals surface area contributed by atoms with Crippen LogP contribution in [0.25, 0.3) is 0 Å². The van der Waals surface area contributed by atoms with E-state index in [-0.39, 0.29) is 24.7 Å². The third kappa shape index (κ3) is 3.47. The van der Waals surface area contributed by atoms with Crippen LogP contribution in [0.1, 0.15) is 15.9 Å². The Balaban J connectivity index is 2.02. The Kier molecular flexibility index (Phi) is 4.19. The number of carbonyl (C=O) groups is 3. The zero-order chi connectivity index (χ0) is 14.5. The van der Waals surface area contributed by atoms with Gasteiger partial charge in [-0.25, -0.2) is 9.59 Å². The highest BCUT2D eigenvalue weighted by atomic mass is 16.6. The lowest BCUT2D eigenvalue weighted by atomic mass is 10.1. The molecule has 0 radical (unpaired) electrons. The predicted molar refractivity (Wildman–Crippen MR) is 66.4 cm³/mol. The number of hydrogen-bond donors (Lipinski definition) is 1. The van der Waals surface area contributed by atoms with Gasteiger partial charge in [0, 0.05) is 0 Å². The molecule has 0 spiro atoms. The molecule has 1 aliphatic heterocycles. The molecule has 2 rings (SSSR count). The Labute approximate surface area is 114 Å². The zero-order valence-corrected chi connectivity index (χ0v) is 10.8. The van der Waals surface area contributed by atoms with Gasteiger partial charge in [-0.3, -0.25) is 4.79 Å². The maximum absolute atomic E-state index is 11.5. The average molecular weight is 279 g/mol. The Morgan fingerprint density at radius 2 is 2.30 bits per heavy atom. The standard InChI is InChI=1S/C13H13NO6/c1-8-2-9(12(16)19-7-15)4-10(3-8)18-6-11-5-14-13(17)20-11/h2-4,7,11H,5-6H2,1H3,(H,14,17). The summed E-state index contributed by atoms with van der Waals surface area (Å²) in [5.74, 6) is -0.312. The highest BCUT2D eigenvalue weighted by molar-refractivity contribution is 5.93. The number of ether oxygens (including phenoxy) is 3. The van der Waals surface area contributed by atoms with Crippen LogP contribution in [0.5, 0.6) is 5.75 Å². The molecule has 7 heteroatoms. The second-order valence-electron chi connectivity index (χ2n) is 4.26. The highest BCUT2D eigenvalue weighted by Gasteiger charge is 2.23. The number of amides is 1. The number of aryl methyl sites for hydroxylation is 1. The summed E-state index contributed by atoms with van der Waals surface area (Å²) in [6.45, 7) is 2.41. The molecule has 1 heterocycles. The van der Waals surface area contributed by atoms with Crippen molar-refractivity contribution in [3.8, 4) is 5.75 Å². The second-order valence-corrected chi connectivity index (χ2v) is 4.26. The van der Waals surface area contributed by atoms with Crippen LogP contribution >= 0.6 is 0 Å². The Bertz CT molecular complexity index is 542. The van der Waals surface area contributed by atoms with Crippen LogP contribution in [0, 0.1) is 6.92 Å². The lowest BCUT2D eigenvalue weighted by molar-refractivity contribution is -0.123. The van der Waals surface area contributed by atoms with Crippen molar-refractivity contribution < 1.29 is 28.6 Å². The summed E-state index contributed by atoms with van der Waals surface area (Å²) in [5, 5.41) is 2.51. The second kappa shape index (κ2) is 6.05. The van der Waals surface area contributed by atoms with Gasteiger partial charge in [0.15, 0.2) is 6.10 Å². The molecule has 1 fully saturated rings. The fourth-order valence-corrected chi connectivity index (χ4v) is 1.77. The van der Waals surface area contributed by atoms with Gasteiger partial charge < -0.3 is 19.5 Å². The zero-order valence-electron chi connectivity index (χ0n) is 10.8. The van der Waals surface area contributed by atoms with E-state index in [2.05, 4.69) is 10.1 Å². The summed E-state index contributed by atoms with van der Waals surface area (Å²) in [4.78, 5) is 32.5. The molecule has 106 valence electrons. The van der Waals surface area contributed by atoms with Crippen molar-refractivity contribution in [2.24, 2.45) is 0 Å². The molecular formula is C13H13NO6. The first-order valence-electron chi connectivity index (χ1n) is 5.92. The van der Waals surface area contributed by atoms with E-state index >= 15 is 0 Å². The maximum atomic E-state index is 11.5. The Morgan fingerprint density at radius 3 is 2.95 bits per heavy atom. The molecule has 1 unspecified atom stereocenters. The van der Waals surface area contributed by atoms with E-state index in [9.17, 15) is 14.4 Å². The van der Waals surface area contributed by atoms with E-state index in [4.69, 9.17) is 9.47 Å². The number of carbonyl (C=O) groups excluding carboxylic acids is 3. The van der Waals surface area contributed by atoms with Gasteiger partial charge in [-0.2, -0.15) is 0 Å². The third-order valence-corrected chi connectivity index (χ3v) is 2.63. The molecule has 0 saturated carbocycles. The van der Waals surface area contributed by atoms with Gasteiger partial charge in [0.2, 0.25) is 0 Å². The van der Waals surface area contributed by atoms with Crippen molar-refractivity contribution in [2.45, 2.75) is 13.0 Å². The summed E-state index contributed by atoms with van der Waals surface area (Å²) < 4.78 is 14.7. The number of cyclic esters (lactones) is 1. The number of rotatable bonds is 5. The van der Waals surface area contributed by atoms with Crippen molar-refractivity contribution in [3.05, 3.63) is 29.3 Å². The number of alkyl carbamates (subject to hydrolysis) is 1. The third-order valence-electron chi connectivity index (χ3n) is 2.63. The first-order valence-corrected chi connectivity index (χ1v) is 5.92. The molecule has 1 saturated heterocycles. The number of nitrogens with one attached hydrogen (secondary N) is 1. The maximum Gasteiger partial charge on any atom is 0.407 e. The van der Waals surface area contributed by atoms with Crippen LogP contribution < -0.4 is 10.1 Å². The molecule has 1 aromatic carbocycles. The monoisotopic (exact) mass is 279 g/mol. The van der Waals surface area contributed by atoms with Gasteiger partial charge in [0.25, 0.3) is 0 Å².